The third-order valence-corrected chi connectivity index (χ3v) is 8.22. The molecular weight excluding hydrogens is 398 g/mol. The average molecular weight is 428 g/mol. The average Bonchev–Trinajstić information content (AvgIpc) is 3.48. The molecule has 5 rings (SSSR count). The van der Waals surface area contributed by atoms with Crippen LogP contribution >= 0.6 is 11.8 Å². The fourth-order valence-electron chi connectivity index (χ4n) is 6.22. The van der Waals surface area contributed by atoms with Crippen LogP contribution in [0.2, 0.25) is 0 Å². The molecule has 160 valence electrons. The predicted octanol–water partition coefficient (Wildman–Crippen LogP) is 2.67. The molecule has 1 aromatic rings. The molecule has 4 aliphatic rings. The summed E-state index contributed by atoms with van der Waals surface area (Å²) in [5.41, 5.74) is 1.58. The zero-order chi connectivity index (χ0) is 21.0. The maximum atomic E-state index is 13.8. The molecule has 0 radical (unpaired) electrons. The number of amides is 3. The number of imide groups is 1. The molecule has 1 aromatic carbocycles. The number of thioether (sulfide) groups is 1. The Morgan fingerprint density at radius 1 is 1.17 bits per heavy atom. The molecule has 0 bridgehead atoms. The molecular formula is C23H29N3O3S. The van der Waals surface area contributed by atoms with Crippen molar-refractivity contribution in [1.82, 2.24) is 10.2 Å². The Morgan fingerprint density at radius 3 is 2.63 bits per heavy atom. The van der Waals surface area contributed by atoms with Crippen LogP contribution in [0.25, 0.3) is 0 Å². The summed E-state index contributed by atoms with van der Waals surface area (Å²) in [7, 11) is 0. The monoisotopic (exact) mass is 427 g/mol. The van der Waals surface area contributed by atoms with Crippen LogP contribution in [0.3, 0.4) is 0 Å². The standard InChI is InChI=1S/C23H29N3O3S/c1-3-13-7-6-10-15-19(13)24-22(29)23(15)18-17(16(25-23)11-12-30-2)20(27)26(21(18)28)14-8-4-5-9-14/h6-7,10,14,16-18,25H,3-5,8-9,11-12H2,1-2H3,(H,24,29)/t16-,17+,18-,23+/m0/s1. The minimum absolute atomic E-state index is 0.000221. The molecule has 3 heterocycles. The fraction of sp³-hybridized carbons (Fsp3) is 0.609. The second-order valence-electron chi connectivity index (χ2n) is 8.98. The first kappa shape index (κ1) is 20.1. The van der Waals surface area contributed by atoms with Crippen LogP contribution in [0, 0.1) is 11.8 Å². The quantitative estimate of drug-likeness (QED) is 0.707. The van der Waals surface area contributed by atoms with E-state index in [1.807, 2.05) is 24.5 Å². The number of nitrogens with one attached hydrogen (secondary N) is 2. The molecule has 2 N–H and O–H groups in total. The highest BCUT2D eigenvalue weighted by atomic mass is 32.2. The van der Waals surface area contributed by atoms with E-state index in [1.54, 1.807) is 16.7 Å². The third-order valence-electron chi connectivity index (χ3n) is 7.57. The number of likely N-dealkylation sites (tertiary alicyclic amines) is 1. The summed E-state index contributed by atoms with van der Waals surface area (Å²) in [6, 6.07) is 5.75. The van der Waals surface area contributed by atoms with E-state index in [0.29, 0.717) is 0 Å². The summed E-state index contributed by atoms with van der Waals surface area (Å²) in [6.45, 7) is 2.06. The summed E-state index contributed by atoms with van der Waals surface area (Å²) in [5.74, 6) is -0.653. The molecule has 7 heteroatoms. The number of fused-ring (bicyclic) bond motifs is 4. The Labute approximate surface area is 181 Å². The van der Waals surface area contributed by atoms with E-state index in [0.717, 1.165) is 61.1 Å². The van der Waals surface area contributed by atoms with Gasteiger partial charge in [0.25, 0.3) is 0 Å². The molecule has 0 aromatic heterocycles. The normalized spacial score (nSPS) is 32.9. The van der Waals surface area contributed by atoms with Crippen LogP contribution in [-0.4, -0.2) is 46.7 Å². The van der Waals surface area contributed by atoms with Crippen LogP contribution in [0.4, 0.5) is 5.69 Å². The molecule has 3 fully saturated rings. The lowest BCUT2D eigenvalue weighted by Gasteiger charge is -2.31. The highest BCUT2D eigenvalue weighted by Crippen LogP contribution is 2.54. The van der Waals surface area contributed by atoms with Crippen LogP contribution < -0.4 is 10.6 Å². The van der Waals surface area contributed by atoms with Crippen molar-refractivity contribution >= 4 is 35.2 Å². The molecule has 30 heavy (non-hydrogen) atoms. The van der Waals surface area contributed by atoms with E-state index >= 15 is 0 Å². The van der Waals surface area contributed by atoms with Gasteiger partial charge < -0.3 is 5.32 Å². The molecule has 1 saturated carbocycles. The van der Waals surface area contributed by atoms with Crippen molar-refractivity contribution in [3.05, 3.63) is 29.3 Å². The molecule has 3 aliphatic heterocycles. The fourth-order valence-corrected chi connectivity index (χ4v) is 6.71. The van der Waals surface area contributed by atoms with Gasteiger partial charge in [-0.05, 0) is 43.3 Å². The summed E-state index contributed by atoms with van der Waals surface area (Å²) >= 11 is 1.72. The minimum atomic E-state index is -1.14. The van der Waals surface area contributed by atoms with Gasteiger partial charge in [0.1, 0.15) is 5.54 Å². The summed E-state index contributed by atoms with van der Waals surface area (Å²) in [6.07, 6.45) is 7.48. The van der Waals surface area contributed by atoms with Gasteiger partial charge in [0, 0.05) is 23.3 Å². The van der Waals surface area contributed by atoms with Gasteiger partial charge in [-0.1, -0.05) is 38.0 Å². The molecule has 4 atom stereocenters. The van der Waals surface area contributed by atoms with E-state index in [9.17, 15) is 14.4 Å². The topological polar surface area (TPSA) is 78.5 Å². The van der Waals surface area contributed by atoms with Crippen LogP contribution in [0.1, 0.15) is 50.2 Å². The third kappa shape index (κ3) is 2.57. The van der Waals surface area contributed by atoms with Crippen molar-refractivity contribution in [2.24, 2.45) is 11.8 Å². The number of rotatable bonds is 5. The molecule has 1 aliphatic carbocycles. The van der Waals surface area contributed by atoms with E-state index in [2.05, 4.69) is 17.6 Å². The Kier molecular flexibility index (Phi) is 4.93. The highest BCUT2D eigenvalue weighted by Gasteiger charge is 2.70. The first-order chi connectivity index (χ1) is 14.5. The zero-order valence-corrected chi connectivity index (χ0v) is 18.4. The Bertz CT molecular complexity index is 913. The second kappa shape index (κ2) is 7.38. The minimum Gasteiger partial charge on any atom is -0.324 e. The van der Waals surface area contributed by atoms with E-state index in [4.69, 9.17) is 0 Å². The van der Waals surface area contributed by atoms with Crippen molar-refractivity contribution in [3.8, 4) is 0 Å². The number of aryl methyl sites for hydroxylation is 1. The van der Waals surface area contributed by atoms with Crippen LogP contribution in [0.15, 0.2) is 18.2 Å². The van der Waals surface area contributed by atoms with Gasteiger partial charge in [-0.2, -0.15) is 11.8 Å². The predicted molar refractivity (Wildman–Crippen MR) is 117 cm³/mol. The largest absolute Gasteiger partial charge is 0.324 e. The van der Waals surface area contributed by atoms with Gasteiger partial charge in [0.15, 0.2) is 0 Å². The summed E-state index contributed by atoms with van der Waals surface area (Å²) in [4.78, 5) is 42.4. The van der Waals surface area contributed by atoms with Gasteiger partial charge in [-0.25, -0.2) is 0 Å². The molecule has 2 saturated heterocycles. The van der Waals surface area contributed by atoms with Crippen LogP contribution in [0.5, 0.6) is 0 Å². The lowest BCUT2D eigenvalue weighted by molar-refractivity contribution is -0.145. The van der Waals surface area contributed by atoms with Gasteiger partial charge in [-0.15, -0.1) is 0 Å². The van der Waals surface area contributed by atoms with Crippen molar-refractivity contribution in [2.75, 3.05) is 17.3 Å². The van der Waals surface area contributed by atoms with E-state index < -0.39 is 17.4 Å². The Morgan fingerprint density at radius 2 is 1.93 bits per heavy atom. The van der Waals surface area contributed by atoms with Crippen LogP contribution in [-0.2, 0) is 26.3 Å². The maximum absolute atomic E-state index is 13.8. The number of para-hydroxylation sites is 1. The van der Waals surface area contributed by atoms with Crippen molar-refractivity contribution in [2.45, 2.75) is 63.1 Å². The maximum Gasteiger partial charge on any atom is 0.250 e. The van der Waals surface area contributed by atoms with Crippen molar-refractivity contribution in [1.29, 1.82) is 0 Å². The van der Waals surface area contributed by atoms with Gasteiger partial charge in [-0.3, -0.25) is 24.6 Å². The lowest BCUT2D eigenvalue weighted by Crippen LogP contribution is -2.54. The summed E-state index contributed by atoms with van der Waals surface area (Å²) < 4.78 is 0. The number of carbonyl (C=O) groups excluding carboxylic acids is 3. The number of benzene rings is 1. The number of nitrogens with zero attached hydrogens (tertiary/aromatic N) is 1. The first-order valence-electron chi connectivity index (χ1n) is 11.1. The van der Waals surface area contributed by atoms with Crippen molar-refractivity contribution < 1.29 is 14.4 Å². The van der Waals surface area contributed by atoms with E-state index in [1.165, 1.54) is 0 Å². The second-order valence-corrected chi connectivity index (χ2v) is 9.96. The Hall–Kier alpha value is -1.86. The smallest absolute Gasteiger partial charge is 0.250 e. The van der Waals surface area contributed by atoms with Gasteiger partial charge in [0.2, 0.25) is 17.7 Å². The molecule has 6 nitrogen and oxygen atoms in total. The number of carbonyl (C=O) groups is 3. The number of hydrogen-bond acceptors (Lipinski definition) is 5. The van der Waals surface area contributed by atoms with Gasteiger partial charge in [0.05, 0.1) is 11.8 Å². The number of hydrogen-bond donors (Lipinski definition) is 2. The van der Waals surface area contributed by atoms with Crippen molar-refractivity contribution in [3.63, 3.8) is 0 Å². The zero-order valence-electron chi connectivity index (χ0n) is 17.6. The first-order valence-corrected chi connectivity index (χ1v) is 12.5. The van der Waals surface area contributed by atoms with E-state index in [-0.39, 0.29) is 29.8 Å². The van der Waals surface area contributed by atoms with Gasteiger partial charge >= 0.3 is 0 Å². The Balaban J connectivity index is 1.63. The number of anilines is 1. The molecule has 0 unspecified atom stereocenters. The highest BCUT2D eigenvalue weighted by molar-refractivity contribution is 7.98. The SMILES string of the molecule is CCc1cccc2c1NC(=O)[C@@]21N[C@@H](CCSC)[C@H]2C(=O)N(C3CCCC3)C(=O)[C@H]21. The lowest BCUT2D eigenvalue weighted by atomic mass is 9.76. The summed E-state index contributed by atoms with van der Waals surface area (Å²) in [5, 5.41) is 6.61. The molecule has 3 amide bonds. The molecule has 1 spiro atoms.